The smallest absolute Gasteiger partial charge is 0.267 e. The van der Waals surface area contributed by atoms with Gasteiger partial charge in [0.25, 0.3) is 5.56 Å². The maximum Gasteiger partial charge on any atom is 0.276 e. The van der Waals surface area contributed by atoms with Crippen molar-refractivity contribution in [2.45, 2.75) is 0 Å². The molecule has 0 unspecified atom stereocenters. The summed E-state index contributed by atoms with van der Waals surface area (Å²) in [6, 6.07) is 17.4. The van der Waals surface area contributed by atoms with Gasteiger partial charge in [0.05, 0.1) is 4.53 Å². The SMILES string of the molecule is O=c1c(=Cc2ccccc2)sc2nnc(-c3ccccc3Br)n12. The van der Waals surface area contributed by atoms with Crippen LogP contribution in [0.5, 0.6) is 0 Å². The van der Waals surface area contributed by atoms with Crippen LogP contribution in [0, 0.1) is 0 Å². The third kappa shape index (κ3) is 2.50. The summed E-state index contributed by atoms with van der Waals surface area (Å²) in [6.07, 6.45) is 1.88. The van der Waals surface area contributed by atoms with Gasteiger partial charge in [0.15, 0.2) is 5.82 Å². The fourth-order valence-corrected chi connectivity index (χ4v) is 3.75. The number of aromatic nitrogens is 3. The first-order chi connectivity index (χ1) is 11.2. The Kier molecular flexibility index (Phi) is 3.55. The number of rotatable bonds is 2. The molecule has 0 saturated heterocycles. The molecule has 0 fully saturated rings. The van der Waals surface area contributed by atoms with Crippen molar-refractivity contribution >= 4 is 38.3 Å². The molecule has 4 aromatic rings. The molecule has 0 amide bonds. The van der Waals surface area contributed by atoms with Crippen LogP contribution in [0.3, 0.4) is 0 Å². The van der Waals surface area contributed by atoms with E-state index >= 15 is 0 Å². The van der Waals surface area contributed by atoms with Crippen LogP contribution < -0.4 is 10.1 Å². The van der Waals surface area contributed by atoms with Crippen molar-refractivity contribution in [3.63, 3.8) is 0 Å². The quantitative estimate of drug-likeness (QED) is 0.534. The molecule has 0 bridgehead atoms. The standard InChI is InChI=1S/C17H10BrN3OS/c18-13-9-5-4-8-12(13)15-19-20-17-21(15)16(22)14(23-17)10-11-6-2-1-3-7-11/h1-10H. The van der Waals surface area contributed by atoms with E-state index in [0.717, 1.165) is 15.6 Å². The number of halogens is 1. The highest BCUT2D eigenvalue weighted by Crippen LogP contribution is 2.26. The van der Waals surface area contributed by atoms with Crippen molar-refractivity contribution in [1.29, 1.82) is 0 Å². The van der Waals surface area contributed by atoms with Gasteiger partial charge in [-0.05, 0) is 17.7 Å². The molecule has 0 aliphatic rings. The van der Waals surface area contributed by atoms with Crippen LogP contribution in [0.4, 0.5) is 0 Å². The number of benzene rings is 2. The molecule has 112 valence electrons. The third-order valence-electron chi connectivity index (χ3n) is 3.46. The zero-order valence-corrected chi connectivity index (χ0v) is 14.2. The van der Waals surface area contributed by atoms with Gasteiger partial charge in [-0.2, -0.15) is 0 Å². The van der Waals surface area contributed by atoms with Crippen molar-refractivity contribution in [1.82, 2.24) is 14.6 Å². The van der Waals surface area contributed by atoms with Crippen LogP contribution in [0.2, 0.25) is 0 Å². The monoisotopic (exact) mass is 383 g/mol. The van der Waals surface area contributed by atoms with Gasteiger partial charge in [0, 0.05) is 10.0 Å². The Morgan fingerprint density at radius 3 is 2.52 bits per heavy atom. The Bertz CT molecular complexity index is 1100. The van der Waals surface area contributed by atoms with Crippen molar-refractivity contribution in [3.8, 4) is 11.4 Å². The molecule has 6 heteroatoms. The van der Waals surface area contributed by atoms with Crippen LogP contribution in [0.1, 0.15) is 5.56 Å². The van der Waals surface area contributed by atoms with Crippen LogP contribution in [-0.4, -0.2) is 14.6 Å². The minimum Gasteiger partial charge on any atom is -0.267 e. The third-order valence-corrected chi connectivity index (χ3v) is 5.11. The van der Waals surface area contributed by atoms with E-state index < -0.39 is 0 Å². The Morgan fingerprint density at radius 1 is 1.00 bits per heavy atom. The highest BCUT2D eigenvalue weighted by Gasteiger charge is 2.15. The van der Waals surface area contributed by atoms with E-state index in [-0.39, 0.29) is 5.56 Å². The largest absolute Gasteiger partial charge is 0.276 e. The van der Waals surface area contributed by atoms with Gasteiger partial charge < -0.3 is 0 Å². The number of fused-ring (bicyclic) bond motifs is 1. The lowest BCUT2D eigenvalue weighted by atomic mass is 10.2. The van der Waals surface area contributed by atoms with E-state index in [9.17, 15) is 4.79 Å². The molecule has 2 aromatic heterocycles. The summed E-state index contributed by atoms with van der Waals surface area (Å²) >= 11 is 4.85. The van der Waals surface area contributed by atoms with Crippen LogP contribution >= 0.6 is 27.3 Å². The maximum absolute atomic E-state index is 12.7. The summed E-state index contributed by atoms with van der Waals surface area (Å²) < 4.78 is 3.10. The molecule has 0 saturated carbocycles. The molecule has 4 rings (SSSR count). The first-order valence-electron chi connectivity index (χ1n) is 6.93. The van der Waals surface area contributed by atoms with E-state index in [2.05, 4.69) is 26.1 Å². The summed E-state index contributed by atoms with van der Waals surface area (Å²) in [5.74, 6) is 0.557. The molecular weight excluding hydrogens is 374 g/mol. The van der Waals surface area contributed by atoms with Crippen molar-refractivity contribution < 1.29 is 0 Å². The van der Waals surface area contributed by atoms with Gasteiger partial charge in [-0.15, -0.1) is 10.2 Å². The van der Waals surface area contributed by atoms with Gasteiger partial charge in [-0.3, -0.25) is 4.79 Å². The minimum absolute atomic E-state index is 0.0930. The second kappa shape index (κ2) is 5.72. The lowest BCUT2D eigenvalue weighted by molar-refractivity contribution is 1.09. The summed E-state index contributed by atoms with van der Waals surface area (Å²) in [6.45, 7) is 0. The molecule has 2 heterocycles. The molecule has 0 N–H and O–H groups in total. The fourth-order valence-electron chi connectivity index (χ4n) is 2.38. The van der Waals surface area contributed by atoms with E-state index in [4.69, 9.17) is 0 Å². The average Bonchev–Trinajstić information content (AvgIpc) is 3.10. The van der Waals surface area contributed by atoms with E-state index in [1.807, 2.05) is 60.7 Å². The number of hydrogen-bond acceptors (Lipinski definition) is 4. The Hall–Kier alpha value is -2.31. The minimum atomic E-state index is -0.0930. The Labute approximate surface area is 143 Å². The topological polar surface area (TPSA) is 47.3 Å². The number of hydrogen-bond donors (Lipinski definition) is 0. The van der Waals surface area contributed by atoms with Crippen LogP contribution in [0.15, 0.2) is 63.9 Å². The summed E-state index contributed by atoms with van der Waals surface area (Å²) in [5.41, 5.74) is 1.75. The molecule has 4 nitrogen and oxygen atoms in total. The summed E-state index contributed by atoms with van der Waals surface area (Å²) in [4.78, 5) is 13.3. The molecule has 0 spiro atoms. The fraction of sp³-hybridized carbons (Fsp3) is 0. The second-order valence-electron chi connectivity index (χ2n) is 4.95. The molecule has 0 atom stereocenters. The Morgan fingerprint density at radius 2 is 1.74 bits per heavy atom. The molecule has 0 radical (unpaired) electrons. The van der Waals surface area contributed by atoms with Gasteiger partial charge in [-0.1, -0.05) is 75.8 Å². The molecule has 23 heavy (non-hydrogen) atoms. The van der Waals surface area contributed by atoms with Crippen LogP contribution in [-0.2, 0) is 0 Å². The zero-order valence-electron chi connectivity index (χ0n) is 11.8. The normalized spacial score (nSPS) is 12.1. The summed E-state index contributed by atoms with van der Waals surface area (Å²) in [7, 11) is 0. The Balaban J connectivity index is 1.96. The number of thiazole rings is 1. The lowest BCUT2D eigenvalue weighted by Crippen LogP contribution is -2.23. The highest BCUT2D eigenvalue weighted by atomic mass is 79.9. The molecule has 0 aliphatic carbocycles. The predicted octanol–water partition coefficient (Wildman–Crippen LogP) is 3.13. The van der Waals surface area contributed by atoms with Gasteiger partial charge in [0.1, 0.15) is 0 Å². The van der Waals surface area contributed by atoms with E-state index in [1.54, 1.807) is 4.40 Å². The predicted molar refractivity (Wildman–Crippen MR) is 95.5 cm³/mol. The first kappa shape index (κ1) is 14.3. The number of nitrogens with zero attached hydrogens (tertiary/aromatic N) is 3. The highest BCUT2D eigenvalue weighted by molar-refractivity contribution is 9.10. The van der Waals surface area contributed by atoms with Gasteiger partial charge in [0.2, 0.25) is 4.96 Å². The maximum atomic E-state index is 12.7. The van der Waals surface area contributed by atoms with Gasteiger partial charge >= 0.3 is 0 Å². The van der Waals surface area contributed by atoms with Crippen LogP contribution in [0.25, 0.3) is 22.4 Å². The van der Waals surface area contributed by atoms with Crippen molar-refractivity contribution in [2.24, 2.45) is 0 Å². The first-order valence-corrected chi connectivity index (χ1v) is 8.54. The van der Waals surface area contributed by atoms with Crippen molar-refractivity contribution in [2.75, 3.05) is 0 Å². The molecular formula is C17H10BrN3OS. The van der Waals surface area contributed by atoms with Crippen molar-refractivity contribution in [3.05, 3.63) is 79.5 Å². The van der Waals surface area contributed by atoms with E-state index in [0.29, 0.717) is 15.3 Å². The average molecular weight is 384 g/mol. The lowest BCUT2D eigenvalue weighted by Gasteiger charge is -1.99. The van der Waals surface area contributed by atoms with E-state index in [1.165, 1.54) is 11.3 Å². The summed E-state index contributed by atoms with van der Waals surface area (Å²) in [5, 5.41) is 8.32. The molecule has 2 aromatic carbocycles. The van der Waals surface area contributed by atoms with Gasteiger partial charge in [-0.25, -0.2) is 4.40 Å². The molecule has 0 aliphatic heterocycles. The second-order valence-corrected chi connectivity index (χ2v) is 6.81. The zero-order chi connectivity index (χ0) is 15.8.